The molecule has 1 amide bonds. The Balaban J connectivity index is 2.41. The van der Waals surface area contributed by atoms with Gasteiger partial charge in [-0.05, 0) is 57.0 Å². The molecule has 0 aliphatic heterocycles. The van der Waals surface area contributed by atoms with Crippen LogP contribution in [-0.4, -0.2) is 37.5 Å². The molecule has 7 nitrogen and oxygen atoms in total. The molecule has 0 N–H and O–H groups in total. The first-order chi connectivity index (χ1) is 16.4. The molecule has 0 radical (unpaired) electrons. The number of methoxy groups -OCH3 is 2. The van der Waals surface area contributed by atoms with Gasteiger partial charge in [0.15, 0.2) is 5.79 Å². The number of halogens is 2. The molecule has 0 saturated heterocycles. The topological polar surface area (TPSA) is 82.1 Å². The van der Waals surface area contributed by atoms with E-state index in [-0.39, 0.29) is 6.54 Å². The van der Waals surface area contributed by atoms with Crippen molar-refractivity contribution in [3.63, 3.8) is 0 Å². The van der Waals surface area contributed by atoms with Gasteiger partial charge in [0.2, 0.25) is 11.7 Å². The van der Waals surface area contributed by atoms with Gasteiger partial charge in [-0.25, -0.2) is 4.79 Å². The predicted octanol–water partition coefficient (Wildman–Crippen LogP) is 5.68. The Kier molecular flexibility index (Phi) is 9.86. The SMILES string of the molecule is CCC(C)(C)OC(=O)C(=O)CC(=O)N(Cc1ccc(Cl)c(Cl)c1)c1cccc(C(C)(OC)OC)c1. The van der Waals surface area contributed by atoms with Crippen LogP contribution < -0.4 is 4.90 Å². The number of ketones is 1. The molecule has 0 heterocycles. The van der Waals surface area contributed by atoms with Gasteiger partial charge in [0.05, 0.1) is 23.0 Å². The Morgan fingerprint density at radius 2 is 1.60 bits per heavy atom. The average molecular weight is 524 g/mol. The Hall–Kier alpha value is -2.45. The highest BCUT2D eigenvalue weighted by atomic mass is 35.5. The summed E-state index contributed by atoms with van der Waals surface area (Å²) in [6.07, 6.45) is -0.135. The van der Waals surface area contributed by atoms with Crippen LogP contribution in [0.1, 0.15) is 51.7 Å². The second kappa shape index (κ2) is 12.0. The van der Waals surface area contributed by atoms with Crippen LogP contribution in [0.15, 0.2) is 42.5 Å². The average Bonchev–Trinajstić information content (AvgIpc) is 2.83. The molecule has 0 spiro atoms. The summed E-state index contributed by atoms with van der Waals surface area (Å²) in [5.74, 6) is -3.61. The highest BCUT2D eigenvalue weighted by molar-refractivity contribution is 6.42. The van der Waals surface area contributed by atoms with Crippen LogP contribution in [0.2, 0.25) is 10.0 Å². The summed E-state index contributed by atoms with van der Waals surface area (Å²) >= 11 is 12.2. The minimum Gasteiger partial charge on any atom is -0.454 e. The van der Waals surface area contributed by atoms with Gasteiger partial charge < -0.3 is 19.1 Å². The lowest BCUT2D eigenvalue weighted by molar-refractivity contribution is -0.201. The zero-order valence-corrected chi connectivity index (χ0v) is 22.3. The van der Waals surface area contributed by atoms with E-state index in [0.717, 1.165) is 0 Å². The van der Waals surface area contributed by atoms with E-state index in [1.807, 2.05) is 6.92 Å². The van der Waals surface area contributed by atoms with Crippen molar-refractivity contribution < 1.29 is 28.6 Å². The van der Waals surface area contributed by atoms with Gasteiger partial charge in [0.25, 0.3) is 0 Å². The molecule has 0 aliphatic carbocycles. The number of carbonyl (C=O) groups excluding carboxylic acids is 3. The van der Waals surface area contributed by atoms with Crippen LogP contribution >= 0.6 is 23.2 Å². The summed E-state index contributed by atoms with van der Waals surface area (Å²) < 4.78 is 16.2. The van der Waals surface area contributed by atoms with E-state index in [1.165, 1.54) is 19.1 Å². The van der Waals surface area contributed by atoms with E-state index in [9.17, 15) is 14.4 Å². The minimum atomic E-state index is -1.06. The summed E-state index contributed by atoms with van der Waals surface area (Å²) in [5, 5.41) is 0.709. The van der Waals surface area contributed by atoms with E-state index < -0.39 is 35.5 Å². The maximum atomic E-state index is 13.3. The van der Waals surface area contributed by atoms with Gasteiger partial charge in [-0.15, -0.1) is 0 Å². The van der Waals surface area contributed by atoms with Crippen LogP contribution in [0.4, 0.5) is 5.69 Å². The molecule has 0 bridgehead atoms. The van der Waals surface area contributed by atoms with Crippen molar-refractivity contribution in [2.75, 3.05) is 19.1 Å². The van der Waals surface area contributed by atoms with Crippen molar-refractivity contribution in [2.45, 2.75) is 58.5 Å². The van der Waals surface area contributed by atoms with E-state index in [4.69, 9.17) is 37.4 Å². The zero-order valence-electron chi connectivity index (χ0n) is 20.8. The fourth-order valence-electron chi connectivity index (χ4n) is 3.10. The van der Waals surface area contributed by atoms with E-state index in [1.54, 1.807) is 63.2 Å². The standard InChI is InChI=1S/C26H31Cl2NO6/c1-7-25(2,3)35-24(32)22(30)15-23(31)29(16-17-11-12-20(27)21(28)13-17)19-10-8-9-18(14-19)26(4,33-5)34-6/h8-14H,7,15-16H2,1-6H3. The molecule has 0 atom stereocenters. The third-order valence-corrected chi connectivity index (χ3v) is 6.59. The van der Waals surface area contributed by atoms with Crippen LogP contribution in [0.3, 0.4) is 0 Å². The van der Waals surface area contributed by atoms with Gasteiger partial charge in [0.1, 0.15) is 5.60 Å². The van der Waals surface area contributed by atoms with E-state index >= 15 is 0 Å². The molecule has 0 aliphatic rings. The number of nitrogens with zero attached hydrogens (tertiary/aromatic N) is 1. The van der Waals surface area contributed by atoms with Crippen LogP contribution in [0.25, 0.3) is 0 Å². The van der Waals surface area contributed by atoms with Crippen LogP contribution in [0.5, 0.6) is 0 Å². The first-order valence-corrected chi connectivity index (χ1v) is 11.8. The van der Waals surface area contributed by atoms with Crippen molar-refractivity contribution in [1.82, 2.24) is 0 Å². The van der Waals surface area contributed by atoms with Crippen molar-refractivity contribution >= 4 is 46.5 Å². The quantitative estimate of drug-likeness (QED) is 0.163. The van der Waals surface area contributed by atoms with E-state index in [2.05, 4.69) is 0 Å². The lowest BCUT2D eigenvalue weighted by atomic mass is 10.0. The Bertz CT molecular complexity index is 1080. The number of anilines is 1. The summed E-state index contributed by atoms with van der Waals surface area (Å²) in [6.45, 7) is 7.06. The maximum Gasteiger partial charge on any atom is 0.375 e. The number of hydrogen-bond acceptors (Lipinski definition) is 6. The van der Waals surface area contributed by atoms with Gasteiger partial charge >= 0.3 is 5.97 Å². The van der Waals surface area contributed by atoms with Crippen LogP contribution in [-0.2, 0) is 40.9 Å². The molecule has 0 unspecified atom stereocenters. The Labute approximate surface area is 216 Å². The molecule has 2 rings (SSSR count). The van der Waals surface area contributed by atoms with Crippen molar-refractivity contribution in [3.8, 4) is 0 Å². The van der Waals surface area contributed by atoms with Gasteiger partial charge in [0, 0.05) is 25.5 Å². The fraction of sp³-hybridized carbons (Fsp3) is 0.423. The highest BCUT2D eigenvalue weighted by Gasteiger charge is 2.30. The molecular formula is C26H31Cl2NO6. The van der Waals surface area contributed by atoms with Gasteiger partial charge in [-0.3, -0.25) is 9.59 Å². The smallest absolute Gasteiger partial charge is 0.375 e. The first kappa shape index (κ1) is 28.8. The third kappa shape index (κ3) is 7.51. The molecule has 9 heteroatoms. The van der Waals surface area contributed by atoms with E-state index in [0.29, 0.717) is 33.3 Å². The second-order valence-corrected chi connectivity index (χ2v) is 9.55. The number of rotatable bonds is 11. The zero-order chi connectivity index (χ0) is 26.4. The Morgan fingerprint density at radius 3 is 2.17 bits per heavy atom. The molecule has 0 fully saturated rings. The number of benzene rings is 2. The number of Topliss-reactive ketones (excluding diaryl/α,β-unsaturated/α-hetero) is 1. The van der Waals surface area contributed by atoms with Crippen molar-refractivity contribution in [2.24, 2.45) is 0 Å². The van der Waals surface area contributed by atoms with Crippen LogP contribution in [0, 0.1) is 0 Å². The third-order valence-electron chi connectivity index (χ3n) is 5.85. The fourth-order valence-corrected chi connectivity index (χ4v) is 3.42. The summed E-state index contributed by atoms with van der Waals surface area (Å²) in [6, 6.07) is 12.0. The maximum absolute atomic E-state index is 13.3. The molecule has 0 aromatic heterocycles. The summed E-state index contributed by atoms with van der Waals surface area (Å²) in [7, 11) is 3.02. The second-order valence-electron chi connectivity index (χ2n) is 8.74. The Morgan fingerprint density at radius 1 is 0.943 bits per heavy atom. The minimum absolute atomic E-state index is 0.0820. The lowest BCUT2D eigenvalue weighted by Gasteiger charge is -2.29. The number of carbonyl (C=O) groups is 3. The molecule has 35 heavy (non-hydrogen) atoms. The molecular weight excluding hydrogens is 493 g/mol. The van der Waals surface area contributed by atoms with Crippen molar-refractivity contribution in [1.29, 1.82) is 0 Å². The molecule has 2 aromatic rings. The lowest BCUT2D eigenvalue weighted by Crippen LogP contribution is -2.36. The molecule has 2 aromatic carbocycles. The highest BCUT2D eigenvalue weighted by Crippen LogP contribution is 2.30. The summed E-state index contributed by atoms with van der Waals surface area (Å²) in [5.41, 5.74) is 1.01. The van der Waals surface area contributed by atoms with Gasteiger partial charge in [-0.1, -0.05) is 48.3 Å². The van der Waals surface area contributed by atoms with Gasteiger partial charge in [-0.2, -0.15) is 0 Å². The monoisotopic (exact) mass is 523 g/mol. The number of esters is 1. The number of amides is 1. The number of ether oxygens (including phenoxy) is 3. The number of hydrogen-bond donors (Lipinski definition) is 0. The van der Waals surface area contributed by atoms with Crippen molar-refractivity contribution in [3.05, 3.63) is 63.6 Å². The normalized spacial score (nSPS) is 11.8. The molecule has 190 valence electrons. The molecule has 0 saturated carbocycles. The first-order valence-electron chi connectivity index (χ1n) is 11.1. The summed E-state index contributed by atoms with van der Waals surface area (Å²) in [4.78, 5) is 39.6. The predicted molar refractivity (Wildman–Crippen MR) is 136 cm³/mol. The largest absolute Gasteiger partial charge is 0.454 e.